The Hall–Kier alpha value is -1.65. The molecule has 19 heavy (non-hydrogen) atoms. The third kappa shape index (κ3) is 1.97. The normalized spacial score (nSPS) is 16.2. The van der Waals surface area contributed by atoms with E-state index >= 15 is 0 Å². The Morgan fingerprint density at radius 2 is 1.63 bits per heavy atom. The number of anilines is 2. The van der Waals surface area contributed by atoms with Crippen LogP contribution in [0.15, 0.2) is 41.3 Å². The van der Waals surface area contributed by atoms with Gasteiger partial charge in [0.2, 0.25) is 0 Å². The maximum atomic E-state index is 3.45. The Balaban J connectivity index is 1.76. The van der Waals surface area contributed by atoms with Gasteiger partial charge in [0.15, 0.2) is 0 Å². The zero-order chi connectivity index (χ0) is 12.7. The second kappa shape index (κ2) is 4.47. The van der Waals surface area contributed by atoms with Crippen LogP contribution in [-0.4, -0.2) is 13.1 Å². The summed E-state index contributed by atoms with van der Waals surface area (Å²) in [4.78, 5) is 1.35. The highest BCUT2D eigenvalue weighted by Crippen LogP contribution is 2.34. The summed E-state index contributed by atoms with van der Waals surface area (Å²) in [6.45, 7) is 2.94. The van der Waals surface area contributed by atoms with Crippen LogP contribution in [0.5, 0.6) is 0 Å². The first-order valence-electron chi connectivity index (χ1n) is 6.55. The van der Waals surface area contributed by atoms with E-state index in [2.05, 4.69) is 51.8 Å². The topological polar surface area (TPSA) is 36.1 Å². The average Bonchev–Trinajstić information content (AvgIpc) is 2.94. The molecule has 2 aliphatic rings. The fourth-order valence-corrected chi connectivity index (χ4v) is 3.39. The molecule has 2 aromatic carbocycles. The number of benzene rings is 2. The number of rotatable bonds is 1. The summed E-state index contributed by atoms with van der Waals surface area (Å²) >= 11 is 1.72. The van der Waals surface area contributed by atoms with Gasteiger partial charge in [0, 0.05) is 24.5 Å². The highest BCUT2D eigenvalue weighted by Gasteiger charge is 2.13. The molecule has 0 aromatic heterocycles. The fraction of sp³-hybridized carbons (Fsp3) is 0.200. The Morgan fingerprint density at radius 1 is 0.842 bits per heavy atom. The molecule has 0 radical (unpaired) electrons. The quantitative estimate of drug-likeness (QED) is 0.694. The van der Waals surface area contributed by atoms with Gasteiger partial charge in [-0.15, -0.1) is 0 Å². The average molecular weight is 269 g/mol. The van der Waals surface area contributed by atoms with Crippen LogP contribution >= 0.6 is 11.9 Å². The predicted molar refractivity (Wildman–Crippen MR) is 81.6 cm³/mol. The number of nitrogens with one attached hydrogen (secondary N) is 3. The maximum Gasteiger partial charge on any atom is 0.0582 e. The van der Waals surface area contributed by atoms with Gasteiger partial charge < -0.3 is 10.6 Å². The summed E-state index contributed by atoms with van der Waals surface area (Å²) in [7, 11) is 0. The summed E-state index contributed by atoms with van der Waals surface area (Å²) in [6, 6.07) is 13.3. The van der Waals surface area contributed by atoms with E-state index in [1.807, 2.05) is 0 Å². The van der Waals surface area contributed by atoms with Gasteiger partial charge in [0.1, 0.15) is 0 Å². The van der Waals surface area contributed by atoms with Gasteiger partial charge in [-0.05, 0) is 52.9 Å². The van der Waals surface area contributed by atoms with Crippen LogP contribution in [0.2, 0.25) is 0 Å². The standard InChI is InChI=1S/C15H15N3S/c1-3-13-14(17-6-5-16-13)8-11(1)10-2-4-15-12(7-10)9-18-19-15/h1-4,7-8,16-18H,5-6,9H2. The molecule has 0 saturated carbocycles. The van der Waals surface area contributed by atoms with E-state index in [1.165, 1.54) is 33.0 Å². The molecule has 3 N–H and O–H groups in total. The Labute approximate surface area is 116 Å². The molecule has 96 valence electrons. The molecular formula is C15H15N3S. The molecule has 0 atom stereocenters. The minimum Gasteiger partial charge on any atom is -0.382 e. The van der Waals surface area contributed by atoms with E-state index < -0.39 is 0 Å². The number of hydrogen-bond donors (Lipinski definition) is 3. The van der Waals surface area contributed by atoms with Crippen molar-refractivity contribution in [1.82, 2.24) is 4.72 Å². The van der Waals surface area contributed by atoms with E-state index in [0.29, 0.717) is 0 Å². The molecule has 0 unspecified atom stereocenters. The van der Waals surface area contributed by atoms with E-state index in [-0.39, 0.29) is 0 Å². The van der Waals surface area contributed by atoms with Gasteiger partial charge in [-0.1, -0.05) is 12.1 Å². The smallest absolute Gasteiger partial charge is 0.0582 e. The van der Waals surface area contributed by atoms with E-state index in [0.717, 1.165) is 19.6 Å². The summed E-state index contributed by atoms with van der Waals surface area (Å²) in [5.74, 6) is 0. The van der Waals surface area contributed by atoms with Crippen molar-refractivity contribution in [2.45, 2.75) is 11.4 Å². The van der Waals surface area contributed by atoms with Crippen LogP contribution in [0.4, 0.5) is 11.4 Å². The molecule has 2 aromatic rings. The second-order valence-electron chi connectivity index (χ2n) is 4.86. The van der Waals surface area contributed by atoms with Gasteiger partial charge in [-0.3, -0.25) is 4.72 Å². The lowest BCUT2D eigenvalue weighted by atomic mass is 10.0. The lowest BCUT2D eigenvalue weighted by molar-refractivity contribution is 0.995. The molecule has 0 saturated heterocycles. The summed E-state index contributed by atoms with van der Waals surface area (Å²) < 4.78 is 3.31. The van der Waals surface area contributed by atoms with Crippen molar-refractivity contribution >= 4 is 23.3 Å². The lowest BCUT2D eigenvalue weighted by Gasteiger charge is -2.20. The van der Waals surface area contributed by atoms with Crippen LogP contribution < -0.4 is 15.4 Å². The predicted octanol–water partition coefficient (Wildman–Crippen LogP) is 3.30. The summed E-state index contributed by atoms with van der Waals surface area (Å²) in [5.41, 5.74) is 6.37. The lowest BCUT2D eigenvalue weighted by Crippen LogP contribution is -2.20. The molecular weight excluding hydrogens is 254 g/mol. The first kappa shape index (κ1) is 11.2. The van der Waals surface area contributed by atoms with E-state index in [1.54, 1.807) is 11.9 Å². The minimum atomic E-state index is 0.957. The van der Waals surface area contributed by atoms with Crippen molar-refractivity contribution in [1.29, 1.82) is 0 Å². The Morgan fingerprint density at radius 3 is 2.58 bits per heavy atom. The van der Waals surface area contributed by atoms with Crippen molar-refractivity contribution in [3.63, 3.8) is 0 Å². The molecule has 4 heteroatoms. The van der Waals surface area contributed by atoms with E-state index in [9.17, 15) is 0 Å². The summed E-state index contributed by atoms with van der Waals surface area (Å²) in [5, 5.41) is 6.85. The third-order valence-electron chi connectivity index (χ3n) is 3.61. The van der Waals surface area contributed by atoms with Gasteiger partial charge in [-0.2, -0.15) is 0 Å². The molecule has 0 amide bonds. The third-order valence-corrected chi connectivity index (χ3v) is 4.52. The molecule has 2 aliphatic heterocycles. The zero-order valence-electron chi connectivity index (χ0n) is 10.5. The number of fused-ring (bicyclic) bond motifs is 2. The van der Waals surface area contributed by atoms with Crippen LogP contribution in [0.25, 0.3) is 11.1 Å². The minimum absolute atomic E-state index is 0.957. The van der Waals surface area contributed by atoms with Crippen molar-refractivity contribution in [3.05, 3.63) is 42.0 Å². The largest absolute Gasteiger partial charge is 0.382 e. The Kier molecular flexibility index (Phi) is 2.64. The molecule has 0 bridgehead atoms. The monoisotopic (exact) mass is 269 g/mol. The highest BCUT2D eigenvalue weighted by molar-refractivity contribution is 7.97. The molecule has 4 rings (SSSR count). The van der Waals surface area contributed by atoms with Crippen molar-refractivity contribution in [2.75, 3.05) is 23.7 Å². The van der Waals surface area contributed by atoms with Gasteiger partial charge >= 0.3 is 0 Å². The first-order valence-corrected chi connectivity index (χ1v) is 7.37. The van der Waals surface area contributed by atoms with E-state index in [4.69, 9.17) is 0 Å². The van der Waals surface area contributed by atoms with Crippen molar-refractivity contribution in [3.8, 4) is 11.1 Å². The van der Waals surface area contributed by atoms with Gasteiger partial charge in [0.05, 0.1) is 11.4 Å². The second-order valence-corrected chi connectivity index (χ2v) is 5.79. The molecule has 0 fully saturated rings. The van der Waals surface area contributed by atoms with Gasteiger partial charge in [-0.25, -0.2) is 0 Å². The van der Waals surface area contributed by atoms with Crippen LogP contribution in [0, 0.1) is 0 Å². The molecule has 2 heterocycles. The molecule has 0 spiro atoms. The van der Waals surface area contributed by atoms with Gasteiger partial charge in [0.25, 0.3) is 0 Å². The van der Waals surface area contributed by atoms with Crippen LogP contribution in [-0.2, 0) is 6.54 Å². The van der Waals surface area contributed by atoms with Crippen molar-refractivity contribution in [2.24, 2.45) is 0 Å². The Bertz CT molecular complexity index is 639. The van der Waals surface area contributed by atoms with Crippen molar-refractivity contribution < 1.29 is 0 Å². The highest BCUT2D eigenvalue weighted by atomic mass is 32.2. The molecule has 0 aliphatic carbocycles. The number of hydrogen-bond acceptors (Lipinski definition) is 4. The van der Waals surface area contributed by atoms with Crippen LogP contribution in [0.3, 0.4) is 0 Å². The fourth-order valence-electron chi connectivity index (χ4n) is 2.61. The SMILES string of the molecule is c1cc2c(cc1-c1ccc3c(c1)NCCN3)CNS2. The maximum absolute atomic E-state index is 3.45. The van der Waals surface area contributed by atoms with Crippen LogP contribution in [0.1, 0.15) is 5.56 Å². The zero-order valence-corrected chi connectivity index (χ0v) is 11.3. The first-order chi connectivity index (χ1) is 9.40. The summed E-state index contributed by atoms with van der Waals surface area (Å²) in [6.07, 6.45) is 0. The molecule has 3 nitrogen and oxygen atoms in total.